The van der Waals surface area contributed by atoms with E-state index in [0.717, 1.165) is 53.4 Å². The van der Waals surface area contributed by atoms with Gasteiger partial charge in [0.05, 0.1) is 35.9 Å². The predicted molar refractivity (Wildman–Crippen MR) is 93.3 cm³/mol. The zero-order valence-corrected chi connectivity index (χ0v) is 14.4. The van der Waals surface area contributed by atoms with Gasteiger partial charge >= 0.3 is 5.97 Å². The minimum atomic E-state index is -0.837. The monoisotopic (exact) mass is 338 g/mol. The van der Waals surface area contributed by atoms with Crippen molar-refractivity contribution in [1.82, 2.24) is 4.98 Å². The summed E-state index contributed by atoms with van der Waals surface area (Å²) in [5.74, 6) is -0.628. The molecular weight excluding hydrogens is 316 g/mol. The number of nitriles is 1. The normalized spacial score (nSPS) is 23.5. The summed E-state index contributed by atoms with van der Waals surface area (Å²) in [6.45, 7) is 2.52. The maximum absolute atomic E-state index is 11.7. The van der Waals surface area contributed by atoms with Gasteiger partial charge in [-0.05, 0) is 49.3 Å². The van der Waals surface area contributed by atoms with Crippen LogP contribution in [0.3, 0.4) is 0 Å². The number of aryl methyl sites for hydroxylation is 1. The van der Waals surface area contributed by atoms with Crippen molar-refractivity contribution in [3.05, 3.63) is 34.5 Å². The number of nitrogens with zero attached hydrogens (tertiary/aromatic N) is 1. The lowest BCUT2D eigenvalue weighted by Gasteiger charge is -2.41. The summed E-state index contributed by atoms with van der Waals surface area (Å²) in [4.78, 5) is 15.2. The molecule has 2 aliphatic rings. The highest BCUT2D eigenvalue weighted by atomic mass is 16.5. The van der Waals surface area contributed by atoms with E-state index in [0.29, 0.717) is 18.6 Å². The van der Waals surface area contributed by atoms with Crippen molar-refractivity contribution in [3.8, 4) is 6.07 Å². The Morgan fingerprint density at radius 2 is 2.20 bits per heavy atom. The molecule has 5 nitrogen and oxygen atoms in total. The van der Waals surface area contributed by atoms with Crippen LogP contribution < -0.4 is 0 Å². The lowest BCUT2D eigenvalue weighted by molar-refractivity contribution is -0.155. The van der Waals surface area contributed by atoms with Gasteiger partial charge in [0.2, 0.25) is 0 Å². The highest BCUT2D eigenvalue weighted by Crippen LogP contribution is 2.50. The minimum Gasteiger partial charge on any atom is -0.481 e. The maximum Gasteiger partial charge on any atom is 0.306 e. The lowest BCUT2D eigenvalue weighted by Crippen LogP contribution is -2.43. The van der Waals surface area contributed by atoms with E-state index in [1.165, 1.54) is 0 Å². The first-order valence-electron chi connectivity index (χ1n) is 8.97. The van der Waals surface area contributed by atoms with Crippen molar-refractivity contribution in [3.63, 3.8) is 0 Å². The highest BCUT2D eigenvalue weighted by molar-refractivity contribution is 5.93. The molecule has 1 aromatic heterocycles. The van der Waals surface area contributed by atoms with Gasteiger partial charge < -0.3 is 14.8 Å². The third kappa shape index (κ3) is 2.36. The molecule has 2 aromatic rings. The Balaban J connectivity index is 2.00. The predicted octanol–water partition coefficient (Wildman–Crippen LogP) is 3.78. The summed E-state index contributed by atoms with van der Waals surface area (Å²) in [5.41, 5.74) is 3.84. The van der Waals surface area contributed by atoms with Gasteiger partial charge in [0.1, 0.15) is 5.60 Å². The third-order valence-electron chi connectivity index (χ3n) is 5.95. The van der Waals surface area contributed by atoms with E-state index >= 15 is 0 Å². The van der Waals surface area contributed by atoms with Crippen molar-refractivity contribution >= 4 is 16.9 Å². The fourth-order valence-electron chi connectivity index (χ4n) is 4.84. The number of rotatable bonds is 3. The van der Waals surface area contributed by atoms with Crippen LogP contribution in [0.15, 0.2) is 12.1 Å². The first-order valence-corrected chi connectivity index (χ1v) is 8.97. The number of ether oxygens (including phenoxy) is 1. The number of aromatic nitrogens is 1. The Kier molecular flexibility index (Phi) is 3.81. The topological polar surface area (TPSA) is 86.1 Å². The summed E-state index contributed by atoms with van der Waals surface area (Å²) in [5, 5.41) is 20.1. The number of hydrogen-bond acceptors (Lipinski definition) is 3. The molecule has 0 bridgehead atoms. The van der Waals surface area contributed by atoms with Crippen molar-refractivity contribution in [2.75, 3.05) is 6.61 Å². The summed E-state index contributed by atoms with van der Waals surface area (Å²) in [6.07, 6.45) is 4.90. The summed E-state index contributed by atoms with van der Waals surface area (Å²) < 4.78 is 6.23. The number of H-pyrrole nitrogens is 1. The molecule has 0 amide bonds. The minimum absolute atomic E-state index is 0.0293. The summed E-state index contributed by atoms with van der Waals surface area (Å²) in [6, 6.07) is 6.09. The van der Waals surface area contributed by atoms with Crippen LogP contribution in [0.2, 0.25) is 0 Å². The van der Waals surface area contributed by atoms with Crippen LogP contribution >= 0.6 is 0 Å². The third-order valence-corrected chi connectivity index (χ3v) is 5.95. The molecule has 1 fully saturated rings. The van der Waals surface area contributed by atoms with Gasteiger partial charge in [-0.1, -0.05) is 18.9 Å². The molecule has 0 spiro atoms. The smallest absolute Gasteiger partial charge is 0.306 e. The van der Waals surface area contributed by atoms with Gasteiger partial charge in [-0.25, -0.2) is 0 Å². The standard InChI is InChI=1S/C20H22N2O3/c1-12-6-7-13(11-21)17-15-8-9-25-20(10-16(23)24,14-4-2-3-5-14)19(15)22-18(12)17/h6-7,14,22H,2-5,8-10H2,1H3,(H,23,24). The SMILES string of the molecule is Cc1ccc(C#N)c2c3c([nH]c12)C(CC(=O)O)(C1CCCC1)OCC3. The van der Waals surface area contributed by atoms with E-state index in [9.17, 15) is 15.2 Å². The number of carboxylic acids is 1. The van der Waals surface area contributed by atoms with Crippen molar-refractivity contribution in [1.29, 1.82) is 5.26 Å². The van der Waals surface area contributed by atoms with Crippen LogP contribution in [0, 0.1) is 24.2 Å². The molecule has 25 heavy (non-hydrogen) atoms. The molecule has 1 saturated carbocycles. The second-order valence-corrected chi connectivity index (χ2v) is 7.31. The number of carbonyl (C=O) groups is 1. The van der Waals surface area contributed by atoms with Crippen LogP contribution in [0.5, 0.6) is 0 Å². The second-order valence-electron chi connectivity index (χ2n) is 7.31. The lowest BCUT2D eigenvalue weighted by atomic mass is 9.77. The molecule has 1 aliphatic carbocycles. The number of nitrogens with one attached hydrogen (secondary N) is 1. The summed E-state index contributed by atoms with van der Waals surface area (Å²) in [7, 11) is 0. The van der Waals surface area contributed by atoms with Crippen LogP contribution in [0.4, 0.5) is 0 Å². The molecule has 0 saturated heterocycles. The van der Waals surface area contributed by atoms with E-state index in [2.05, 4.69) is 11.1 Å². The molecule has 5 heteroatoms. The number of aromatic amines is 1. The van der Waals surface area contributed by atoms with E-state index in [4.69, 9.17) is 4.74 Å². The number of aliphatic carboxylic acids is 1. The van der Waals surface area contributed by atoms with E-state index in [1.807, 2.05) is 19.1 Å². The van der Waals surface area contributed by atoms with E-state index in [-0.39, 0.29) is 12.3 Å². The van der Waals surface area contributed by atoms with Crippen LogP contribution in [0.25, 0.3) is 10.9 Å². The van der Waals surface area contributed by atoms with E-state index < -0.39 is 11.6 Å². The highest BCUT2D eigenvalue weighted by Gasteiger charge is 2.49. The van der Waals surface area contributed by atoms with Crippen LogP contribution in [0.1, 0.15) is 54.5 Å². The number of benzene rings is 1. The Morgan fingerprint density at radius 3 is 2.88 bits per heavy atom. The largest absolute Gasteiger partial charge is 0.481 e. The molecule has 1 aromatic carbocycles. The van der Waals surface area contributed by atoms with Crippen molar-refractivity contribution in [2.45, 2.75) is 51.0 Å². The molecule has 2 N–H and O–H groups in total. The first kappa shape index (κ1) is 16.2. The van der Waals surface area contributed by atoms with Gasteiger partial charge in [-0.3, -0.25) is 4.79 Å². The van der Waals surface area contributed by atoms with Gasteiger partial charge in [0.25, 0.3) is 0 Å². The van der Waals surface area contributed by atoms with Gasteiger partial charge in [-0.2, -0.15) is 5.26 Å². The first-order chi connectivity index (χ1) is 12.1. The van der Waals surface area contributed by atoms with Crippen LogP contribution in [-0.4, -0.2) is 22.7 Å². The Labute approximate surface area is 146 Å². The Bertz CT molecular complexity index is 886. The summed E-state index contributed by atoms with van der Waals surface area (Å²) >= 11 is 0. The molecule has 2 heterocycles. The second kappa shape index (κ2) is 5.89. The molecule has 1 aliphatic heterocycles. The fraction of sp³-hybridized carbons (Fsp3) is 0.500. The number of fused-ring (bicyclic) bond motifs is 3. The van der Waals surface area contributed by atoms with Gasteiger partial charge in [0.15, 0.2) is 0 Å². The number of carboxylic acid groups (broad SMARTS) is 1. The molecule has 4 rings (SSSR count). The average Bonchev–Trinajstić information content (AvgIpc) is 3.24. The quantitative estimate of drug-likeness (QED) is 0.891. The molecular formula is C20H22N2O3. The van der Waals surface area contributed by atoms with Crippen molar-refractivity contribution < 1.29 is 14.6 Å². The maximum atomic E-state index is 11.7. The zero-order valence-electron chi connectivity index (χ0n) is 14.4. The molecule has 1 unspecified atom stereocenters. The molecule has 130 valence electrons. The average molecular weight is 338 g/mol. The van der Waals surface area contributed by atoms with E-state index in [1.54, 1.807) is 0 Å². The Morgan fingerprint density at radius 1 is 1.44 bits per heavy atom. The molecule has 1 atom stereocenters. The zero-order chi connectivity index (χ0) is 17.6. The Hall–Kier alpha value is -2.32. The molecule has 0 radical (unpaired) electrons. The van der Waals surface area contributed by atoms with Gasteiger partial charge in [-0.15, -0.1) is 0 Å². The number of hydrogen-bond donors (Lipinski definition) is 2. The van der Waals surface area contributed by atoms with Gasteiger partial charge in [0, 0.05) is 5.39 Å². The van der Waals surface area contributed by atoms with Crippen molar-refractivity contribution in [2.24, 2.45) is 5.92 Å². The van der Waals surface area contributed by atoms with Crippen LogP contribution in [-0.2, 0) is 21.6 Å². The fourth-order valence-corrected chi connectivity index (χ4v) is 4.84.